The molecule has 4 heteroatoms. The monoisotopic (exact) mass is 221 g/mol. The molecule has 0 radical (unpaired) electrons. The minimum absolute atomic E-state index is 0.540. The van der Waals surface area contributed by atoms with Gasteiger partial charge < -0.3 is 0 Å². The summed E-state index contributed by atoms with van der Waals surface area (Å²) in [5, 5.41) is 0. The van der Waals surface area contributed by atoms with E-state index in [9.17, 15) is 4.21 Å². The van der Waals surface area contributed by atoms with Crippen LogP contribution in [0.1, 0.15) is 46.5 Å². The third kappa shape index (κ3) is 7.47. The van der Waals surface area contributed by atoms with Gasteiger partial charge in [0.05, 0.1) is 0 Å². The van der Waals surface area contributed by atoms with Gasteiger partial charge in [0.15, 0.2) is 11.1 Å². The first kappa shape index (κ1) is 14.1. The molecule has 1 N–H and O–H groups in total. The lowest BCUT2D eigenvalue weighted by atomic mass is 10.00. The van der Waals surface area contributed by atoms with Gasteiger partial charge in [-0.05, 0) is 12.3 Å². The Balaban J connectivity index is 3.46. The van der Waals surface area contributed by atoms with E-state index in [0.29, 0.717) is 11.7 Å². The molecule has 0 aromatic heterocycles. The fourth-order valence-corrected chi connectivity index (χ4v) is 1.54. The van der Waals surface area contributed by atoms with Crippen molar-refractivity contribution in [1.29, 1.82) is 0 Å². The average molecular weight is 221 g/mol. The number of unbranched alkanes of at least 4 members (excludes halogenated alkanes) is 1. The normalized spacial score (nSPS) is 15.4. The van der Waals surface area contributed by atoms with Crippen LogP contribution >= 0.6 is 0 Å². The molecule has 86 valence electrons. The van der Waals surface area contributed by atoms with E-state index in [1.165, 1.54) is 19.3 Å². The molecule has 0 aliphatic heterocycles. The number of rotatable bonds is 9. The second-order valence-corrected chi connectivity index (χ2v) is 4.79. The summed E-state index contributed by atoms with van der Waals surface area (Å²) in [6, 6.07) is 0. The Hall–Kier alpha value is 0.0700. The average Bonchev–Trinajstić information content (AvgIpc) is 2.22. The van der Waals surface area contributed by atoms with Crippen molar-refractivity contribution < 1.29 is 8.49 Å². The van der Waals surface area contributed by atoms with Gasteiger partial charge in [-0.2, -0.15) is 5.48 Å². The maximum absolute atomic E-state index is 10.9. The zero-order valence-electron chi connectivity index (χ0n) is 9.54. The molecule has 0 rings (SSSR count). The van der Waals surface area contributed by atoms with Gasteiger partial charge in [0.1, 0.15) is 0 Å². The van der Waals surface area contributed by atoms with Crippen LogP contribution in [0.4, 0.5) is 0 Å². The molecule has 0 spiro atoms. The van der Waals surface area contributed by atoms with Gasteiger partial charge in [-0.15, -0.1) is 0 Å². The summed E-state index contributed by atoms with van der Waals surface area (Å²) < 4.78 is 15.8. The van der Waals surface area contributed by atoms with Crippen molar-refractivity contribution in [3.63, 3.8) is 0 Å². The van der Waals surface area contributed by atoms with Gasteiger partial charge in [0.2, 0.25) is 0 Å². The second kappa shape index (κ2) is 9.62. The predicted molar refractivity (Wildman–Crippen MR) is 61.1 cm³/mol. The molecule has 14 heavy (non-hydrogen) atoms. The standard InChI is InChI=1S/C10H23NO2S/c1-4-7-8-10(5-2)9-11-13-14(12)6-3/h10-11H,4-9H2,1-3H3. The van der Waals surface area contributed by atoms with Gasteiger partial charge in [-0.25, -0.2) is 8.49 Å². The van der Waals surface area contributed by atoms with Crippen LogP contribution in [-0.2, 0) is 15.4 Å². The molecule has 0 aliphatic carbocycles. The van der Waals surface area contributed by atoms with Crippen LogP contribution in [0.3, 0.4) is 0 Å². The minimum atomic E-state index is -1.16. The Morgan fingerprint density at radius 2 is 2.07 bits per heavy atom. The largest absolute Gasteiger partial charge is 0.228 e. The molecule has 0 fully saturated rings. The molecule has 0 aliphatic rings. The Labute approximate surface area is 90.2 Å². The van der Waals surface area contributed by atoms with Crippen LogP contribution in [0.25, 0.3) is 0 Å². The first-order valence-corrected chi connectivity index (χ1v) is 6.77. The van der Waals surface area contributed by atoms with E-state index in [2.05, 4.69) is 19.3 Å². The molecule has 0 heterocycles. The predicted octanol–water partition coefficient (Wildman–Crippen LogP) is 2.41. The number of nitrogens with one attached hydrogen (secondary N) is 1. The van der Waals surface area contributed by atoms with Crippen molar-refractivity contribution >= 4 is 11.1 Å². The van der Waals surface area contributed by atoms with Crippen LogP contribution in [0, 0.1) is 5.92 Å². The van der Waals surface area contributed by atoms with Gasteiger partial charge >= 0.3 is 0 Å². The summed E-state index contributed by atoms with van der Waals surface area (Å²) in [4.78, 5) is 0. The van der Waals surface area contributed by atoms with Crippen molar-refractivity contribution in [3.8, 4) is 0 Å². The summed E-state index contributed by atoms with van der Waals surface area (Å²) in [7, 11) is 0. The smallest absolute Gasteiger partial charge is 0.172 e. The quantitative estimate of drug-likeness (QED) is 0.608. The molecule has 0 saturated heterocycles. The van der Waals surface area contributed by atoms with Gasteiger partial charge in [0.25, 0.3) is 0 Å². The Morgan fingerprint density at radius 3 is 2.57 bits per heavy atom. The Morgan fingerprint density at radius 1 is 1.36 bits per heavy atom. The fraction of sp³-hybridized carbons (Fsp3) is 1.00. The molecule has 0 saturated carbocycles. The lowest BCUT2D eigenvalue weighted by Gasteiger charge is -2.14. The highest BCUT2D eigenvalue weighted by Crippen LogP contribution is 2.11. The Kier molecular flexibility index (Phi) is 9.67. The van der Waals surface area contributed by atoms with E-state index in [1.54, 1.807) is 0 Å². The zero-order valence-corrected chi connectivity index (χ0v) is 10.4. The molecular weight excluding hydrogens is 198 g/mol. The zero-order chi connectivity index (χ0) is 10.8. The molecule has 0 aromatic carbocycles. The summed E-state index contributed by atoms with van der Waals surface area (Å²) in [6.45, 7) is 7.02. The minimum Gasteiger partial charge on any atom is -0.228 e. The molecule has 0 amide bonds. The maximum atomic E-state index is 10.9. The topological polar surface area (TPSA) is 38.3 Å². The van der Waals surface area contributed by atoms with Crippen molar-refractivity contribution in [1.82, 2.24) is 5.48 Å². The summed E-state index contributed by atoms with van der Waals surface area (Å²) in [6.07, 6.45) is 4.87. The molecule has 2 atom stereocenters. The number of hydroxylamine groups is 1. The third-order valence-electron chi connectivity index (χ3n) is 2.30. The van der Waals surface area contributed by atoms with Crippen molar-refractivity contribution in [2.45, 2.75) is 46.5 Å². The first-order chi connectivity index (χ1) is 6.74. The van der Waals surface area contributed by atoms with Crippen LogP contribution in [-0.4, -0.2) is 16.5 Å². The summed E-state index contributed by atoms with van der Waals surface area (Å²) in [5.74, 6) is 1.18. The van der Waals surface area contributed by atoms with E-state index in [4.69, 9.17) is 4.28 Å². The summed E-state index contributed by atoms with van der Waals surface area (Å²) in [5.41, 5.74) is 2.80. The Bertz CT molecular complexity index is 153. The molecule has 2 unspecified atom stereocenters. The lowest BCUT2D eigenvalue weighted by molar-refractivity contribution is 0.193. The van der Waals surface area contributed by atoms with E-state index < -0.39 is 11.1 Å². The van der Waals surface area contributed by atoms with Crippen LogP contribution in [0.5, 0.6) is 0 Å². The van der Waals surface area contributed by atoms with Gasteiger partial charge in [-0.3, -0.25) is 0 Å². The van der Waals surface area contributed by atoms with Crippen LogP contribution < -0.4 is 5.48 Å². The third-order valence-corrected chi connectivity index (χ3v) is 3.08. The molecule has 0 bridgehead atoms. The molecule has 0 aromatic rings. The first-order valence-electron chi connectivity index (χ1n) is 5.53. The molecular formula is C10H23NO2S. The second-order valence-electron chi connectivity index (χ2n) is 3.44. The number of hydrogen-bond acceptors (Lipinski definition) is 3. The van der Waals surface area contributed by atoms with Crippen LogP contribution in [0.2, 0.25) is 0 Å². The molecule has 3 nitrogen and oxygen atoms in total. The van der Waals surface area contributed by atoms with E-state index in [-0.39, 0.29) is 0 Å². The van der Waals surface area contributed by atoms with Crippen molar-refractivity contribution in [3.05, 3.63) is 0 Å². The lowest BCUT2D eigenvalue weighted by Crippen LogP contribution is -2.24. The highest BCUT2D eigenvalue weighted by molar-refractivity contribution is 7.80. The van der Waals surface area contributed by atoms with E-state index in [0.717, 1.165) is 13.0 Å². The maximum Gasteiger partial charge on any atom is 0.172 e. The SMILES string of the molecule is CCCCC(CC)CNOS(=O)CC. The van der Waals surface area contributed by atoms with Crippen molar-refractivity contribution in [2.24, 2.45) is 5.92 Å². The highest BCUT2D eigenvalue weighted by Gasteiger charge is 2.05. The fourth-order valence-electron chi connectivity index (χ4n) is 1.22. The highest BCUT2D eigenvalue weighted by atomic mass is 32.2. The van der Waals surface area contributed by atoms with Gasteiger partial charge in [0, 0.05) is 12.3 Å². The van der Waals surface area contributed by atoms with E-state index >= 15 is 0 Å². The summed E-state index contributed by atoms with van der Waals surface area (Å²) >= 11 is -1.16. The van der Waals surface area contributed by atoms with Crippen LogP contribution in [0.15, 0.2) is 0 Å². The van der Waals surface area contributed by atoms with Gasteiger partial charge in [-0.1, -0.05) is 40.0 Å². The number of hydrogen-bond donors (Lipinski definition) is 1. The van der Waals surface area contributed by atoms with Crippen molar-refractivity contribution in [2.75, 3.05) is 12.3 Å². The van der Waals surface area contributed by atoms with E-state index in [1.807, 2.05) is 6.92 Å².